The Balaban J connectivity index is 2.05. The normalized spacial score (nSPS) is 10.8. The minimum atomic E-state index is 0.720. The standard InChI is InChI=1S/C17H14Cl2N2/c1-12-10-21(11-20-12)17-7-6-15(18)9-14(17)8-13-4-2-3-5-16(13)19/h2-7,9-11H,8H2,1H3. The molecule has 3 aromatic rings. The first-order valence-corrected chi connectivity index (χ1v) is 7.42. The molecule has 4 heteroatoms. The Morgan fingerprint density at radius 1 is 1.05 bits per heavy atom. The molecule has 0 N–H and O–H groups in total. The van der Waals surface area contributed by atoms with Crippen LogP contribution in [0.1, 0.15) is 16.8 Å². The first kappa shape index (κ1) is 14.2. The van der Waals surface area contributed by atoms with E-state index in [4.69, 9.17) is 23.2 Å². The number of aryl methyl sites for hydroxylation is 1. The van der Waals surface area contributed by atoms with Gasteiger partial charge in [-0.3, -0.25) is 0 Å². The highest BCUT2D eigenvalue weighted by Gasteiger charge is 2.09. The van der Waals surface area contributed by atoms with Gasteiger partial charge in [0, 0.05) is 22.7 Å². The van der Waals surface area contributed by atoms with Crippen LogP contribution in [0.3, 0.4) is 0 Å². The fourth-order valence-corrected chi connectivity index (χ4v) is 2.74. The largest absolute Gasteiger partial charge is 0.306 e. The summed E-state index contributed by atoms with van der Waals surface area (Å²) in [5, 5.41) is 1.49. The van der Waals surface area contributed by atoms with Crippen molar-refractivity contribution in [3.05, 3.63) is 81.9 Å². The van der Waals surface area contributed by atoms with E-state index in [1.165, 1.54) is 0 Å². The van der Waals surface area contributed by atoms with Gasteiger partial charge in [-0.25, -0.2) is 4.98 Å². The Morgan fingerprint density at radius 2 is 1.86 bits per heavy atom. The fraction of sp³-hybridized carbons (Fsp3) is 0.118. The van der Waals surface area contributed by atoms with Crippen molar-refractivity contribution in [2.45, 2.75) is 13.3 Å². The van der Waals surface area contributed by atoms with E-state index in [-0.39, 0.29) is 0 Å². The Hall–Kier alpha value is -1.77. The van der Waals surface area contributed by atoms with Crippen LogP contribution in [0, 0.1) is 6.92 Å². The Bertz CT molecular complexity index is 778. The molecule has 0 unspecified atom stereocenters. The van der Waals surface area contributed by atoms with Gasteiger partial charge in [-0.2, -0.15) is 0 Å². The van der Waals surface area contributed by atoms with Crippen molar-refractivity contribution >= 4 is 23.2 Å². The Labute approximate surface area is 134 Å². The summed E-state index contributed by atoms with van der Waals surface area (Å²) in [7, 11) is 0. The van der Waals surface area contributed by atoms with Gasteiger partial charge in [-0.05, 0) is 42.3 Å². The maximum absolute atomic E-state index is 6.26. The summed E-state index contributed by atoms with van der Waals surface area (Å²) in [5.74, 6) is 0. The summed E-state index contributed by atoms with van der Waals surface area (Å²) >= 11 is 12.4. The lowest BCUT2D eigenvalue weighted by molar-refractivity contribution is 1.02. The molecule has 21 heavy (non-hydrogen) atoms. The topological polar surface area (TPSA) is 17.8 Å². The molecular formula is C17H14Cl2N2. The van der Waals surface area contributed by atoms with E-state index < -0.39 is 0 Å². The van der Waals surface area contributed by atoms with Gasteiger partial charge in [0.05, 0.1) is 17.7 Å². The molecule has 0 saturated heterocycles. The minimum absolute atomic E-state index is 0.720. The smallest absolute Gasteiger partial charge is 0.0995 e. The molecule has 0 radical (unpaired) electrons. The van der Waals surface area contributed by atoms with Crippen molar-refractivity contribution in [2.75, 3.05) is 0 Å². The highest BCUT2D eigenvalue weighted by atomic mass is 35.5. The highest BCUT2D eigenvalue weighted by molar-refractivity contribution is 6.31. The summed E-state index contributed by atoms with van der Waals surface area (Å²) in [6, 6.07) is 13.7. The molecule has 0 aliphatic rings. The van der Waals surface area contributed by atoms with Gasteiger partial charge >= 0.3 is 0 Å². The van der Waals surface area contributed by atoms with E-state index in [9.17, 15) is 0 Å². The number of benzene rings is 2. The summed E-state index contributed by atoms with van der Waals surface area (Å²) in [5.41, 5.74) is 4.25. The van der Waals surface area contributed by atoms with E-state index in [0.717, 1.165) is 39.0 Å². The average molecular weight is 317 g/mol. The Kier molecular flexibility index (Phi) is 4.00. The second-order valence-corrected chi connectivity index (χ2v) is 5.81. The second kappa shape index (κ2) is 5.92. The van der Waals surface area contributed by atoms with Crippen molar-refractivity contribution < 1.29 is 0 Å². The zero-order chi connectivity index (χ0) is 14.8. The second-order valence-electron chi connectivity index (χ2n) is 4.96. The summed E-state index contributed by atoms with van der Waals surface area (Å²) in [6.07, 6.45) is 4.54. The molecule has 0 spiro atoms. The summed E-state index contributed by atoms with van der Waals surface area (Å²) < 4.78 is 2.01. The number of aromatic nitrogens is 2. The zero-order valence-corrected chi connectivity index (χ0v) is 13.1. The maximum atomic E-state index is 6.26. The lowest BCUT2D eigenvalue weighted by Crippen LogP contribution is -1.99. The lowest BCUT2D eigenvalue weighted by Gasteiger charge is -2.12. The number of hydrogen-bond donors (Lipinski definition) is 0. The van der Waals surface area contributed by atoms with E-state index in [1.54, 1.807) is 0 Å². The molecule has 0 bridgehead atoms. The quantitative estimate of drug-likeness (QED) is 0.659. The third-order valence-corrected chi connectivity index (χ3v) is 3.97. The number of imidazole rings is 1. The van der Waals surface area contributed by atoms with Crippen LogP contribution in [0.5, 0.6) is 0 Å². The Morgan fingerprint density at radius 3 is 2.57 bits per heavy atom. The van der Waals surface area contributed by atoms with Gasteiger partial charge in [-0.1, -0.05) is 41.4 Å². The molecule has 0 aliphatic heterocycles. The SMILES string of the molecule is Cc1cn(-c2ccc(Cl)cc2Cc2ccccc2Cl)cn1. The van der Waals surface area contributed by atoms with Crippen LogP contribution < -0.4 is 0 Å². The van der Waals surface area contributed by atoms with Gasteiger partial charge in [0.15, 0.2) is 0 Å². The van der Waals surface area contributed by atoms with Crippen LogP contribution in [0.25, 0.3) is 5.69 Å². The third kappa shape index (κ3) is 3.12. The highest BCUT2D eigenvalue weighted by Crippen LogP contribution is 2.25. The van der Waals surface area contributed by atoms with Crippen molar-refractivity contribution in [1.82, 2.24) is 9.55 Å². The molecule has 2 aromatic carbocycles. The van der Waals surface area contributed by atoms with Gasteiger partial charge in [0.2, 0.25) is 0 Å². The van der Waals surface area contributed by atoms with Crippen LogP contribution in [0.4, 0.5) is 0 Å². The zero-order valence-electron chi connectivity index (χ0n) is 11.6. The van der Waals surface area contributed by atoms with Crippen LogP contribution in [0.2, 0.25) is 10.0 Å². The molecule has 0 atom stereocenters. The monoisotopic (exact) mass is 316 g/mol. The summed E-state index contributed by atoms with van der Waals surface area (Å²) in [6.45, 7) is 1.97. The molecule has 0 saturated carbocycles. The molecular weight excluding hydrogens is 303 g/mol. The fourth-order valence-electron chi connectivity index (χ4n) is 2.35. The molecule has 0 aliphatic carbocycles. The van der Waals surface area contributed by atoms with Crippen molar-refractivity contribution in [3.63, 3.8) is 0 Å². The van der Waals surface area contributed by atoms with Crippen molar-refractivity contribution in [2.24, 2.45) is 0 Å². The van der Waals surface area contributed by atoms with Crippen LogP contribution in [-0.2, 0) is 6.42 Å². The van der Waals surface area contributed by atoms with Gasteiger partial charge in [0.1, 0.15) is 0 Å². The molecule has 0 fully saturated rings. The average Bonchev–Trinajstić information content (AvgIpc) is 2.88. The van der Waals surface area contributed by atoms with E-state index in [1.807, 2.05) is 66.5 Å². The number of hydrogen-bond acceptors (Lipinski definition) is 1. The molecule has 106 valence electrons. The van der Waals surface area contributed by atoms with Crippen molar-refractivity contribution in [3.8, 4) is 5.69 Å². The van der Waals surface area contributed by atoms with E-state index in [2.05, 4.69) is 4.98 Å². The van der Waals surface area contributed by atoms with Crippen LogP contribution >= 0.6 is 23.2 Å². The molecule has 1 heterocycles. The number of rotatable bonds is 3. The molecule has 3 rings (SSSR count). The van der Waals surface area contributed by atoms with E-state index in [0.29, 0.717) is 0 Å². The molecule has 0 amide bonds. The predicted molar refractivity (Wildman–Crippen MR) is 87.6 cm³/mol. The molecule has 2 nitrogen and oxygen atoms in total. The van der Waals surface area contributed by atoms with Crippen LogP contribution in [0.15, 0.2) is 55.0 Å². The number of nitrogens with zero attached hydrogens (tertiary/aromatic N) is 2. The third-order valence-electron chi connectivity index (χ3n) is 3.37. The first-order chi connectivity index (χ1) is 10.1. The predicted octanol–water partition coefficient (Wildman–Crippen LogP) is 5.08. The molecule has 1 aromatic heterocycles. The van der Waals surface area contributed by atoms with Crippen molar-refractivity contribution in [1.29, 1.82) is 0 Å². The van der Waals surface area contributed by atoms with E-state index >= 15 is 0 Å². The summed E-state index contributed by atoms with van der Waals surface area (Å²) in [4.78, 5) is 4.29. The van der Waals surface area contributed by atoms with Crippen LogP contribution in [-0.4, -0.2) is 9.55 Å². The maximum Gasteiger partial charge on any atom is 0.0995 e. The van der Waals surface area contributed by atoms with Gasteiger partial charge in [-0.15, -0.1) is 0 Å². The lowest BCUT2D eigenvalue weighted by atomic mass is 10.0. The minimum Gasteiger partial charge on any atom is -0.306 e. The van der Waals surface area contributed by atoms with Gasteiger partial charge in [0.25, 0.3) is 0 Å². The van der Waals surface area contributed by atoms with Gasteiger partial charge < -0.3 is 4.57 Å². The number of halogens is 2. The first-order valence-electron chi connectivity index (χ1n) is 6.66.